The lowest BCUT2D eigenvalue weighted by Crippen LogP contribution is -2.58. The molecule has 0 aromatic heterocycles. The van der Waals surface area contributed by atoms with Gasteiger partial charge < -0.3 is 25.3 Å². The van der Waals surface area contributed by atoms with Crippen LogP contribution in [0.1, 0.15) is 36.9 Å². The molecule has 2 N–H and O–H groups in total. The van der Waals surface area contributed by atoms with Crippen LogP contribution in [0.4, 0.5) is 16.2 Å². The summed E-state index contributed by atoms with van der Waals surface area (Å²) in [4.78, 5) is 45.5. The van der Waals surface area contributed by atoms with Gasteiger partial charge >= 0.3 is 6.03 Å². The Labute approximate surface area is 229 Å². The number of hydrogen-bond acceptors (Lipinski definition) is 4. The van der Waals surface area contributed by atoms with Crippen LogP contribution >= 0.6 is 0 Å². The number of carbonyl (C=O) groups is 3. The molecule has 1 spiro atoms. The molecule has 0 unspecified atom stereocenters. The predicted octanol–water partition coefficient (Wildman–Crippen LogP) is 4.55. The van der Waals surface area contributed by atoms with Crippen molar-refractivity contribution in [2.24, 2.45) is 0 Å². The van der Waals surface area contributed by atoms with E-state index in [4.69, 9.17) is 0 Å². The maximum Gasteiger partial charge on any atom is 0.321 e. The number of para-hydroxylation sites is 1. The van der Waals surface area contributed by atoms with Crippen molar-refractivity contribution in [2.45, 2.75) is 38.3 Å². The number of benzene rings is 3. The van der Waals surface area contributed by atoms with E-state index in [9.17, 15) is 14.4 Å². The third-order valence-corrected chi connectivity index (χ3v) is 7.74. The average Bonchev–Trinajstić information content (AvgIpc) is 3.20. The van der Waals surface area contributed by atoms with Crippen molar-refractivity contribution in [3.63, 3.8) is 0 Å². The zero-order chi connectivity index (χ0) is 27.4. The number of aryl methyl sites for hydroxylation is 1. The highest BCUT2D eigenvalue weighted by molar-refractivity contribution is 5.97. The molecule has 2 fully saturated rings. The van der Waals surface area contributed by atoms with Gasteiger partial charge in [0.15, 0.2) is 0 Å². The Morgan fingerprint density at radius 1 is 0.923 bits per heavy atom. The summed E-state index contributed by atoms with van der Waals surface area (Å²) in [6.07, 6.45) is 0.973. The summed E-state index contributed by atoms with van der Waals surface area (Å²) in [6, 6.07) is 27.0. The van der Waals surface area contributed by atoms with Crippen LogP contribution in [0.5, 0.6) is 0 Å². The van der Waals surface area contributed by atoms with Gasteiger partial charge in [-0.1, -0.05) is 60.7 Å². The van der Waals surface area contributed by atoms with E-state index in [1.165, 1.54) is 0 Å². The molecule has 8 heteroatoms. The molecule has 2 aliphatic rings. The number of nitrogens with one attached hydrogen (secondary N) is 2. The van der Waals surface area contributed by atoms with E-state index < -0.39 is 5.54 Å². The molecular formula is C31H35N5O3. The summed E-state index contributed by atoms with van der Waals surface area (Å²) in [5.41, 5.74) is 2.97. The molecule has 0 saturated carbocycles. The Balaban J connectivity index is 1.29. The van der Waals surface area contributed by atoms with Crippen molar-refractivity contribution in [1.29, 1.82) is 0 Å². The summed E-state index contributed by atoms with van der Waals surface area (Å²) in [5, 5.41) is 6.00. The number of anilines is 2. The van der Waals surface area contributed by atoms with Crippen LogP contribution in [-0.2, 0) is 9.59 Å². The number of hydrogen-bond donors (Lipinski definition) is 2. The van der Waals surface area contributed by atoms with E-state index in [0.717, 1.165) is 22.5 Å². The number of piperidine rings is 1. The molecule has 1 atom stereocenters. The van der Waals surface area contributed by atoms with Crippen molar-refractivity contribution < 1.29 is 14.4 Å². The van der Waals surface area contributed by atoms with Crippen molar-refractivity contribution in [3.05, 3.63) is 96.1 Å². The molecule has 4 amide bonds. The van der Waals surface area contributed by atoms with Gasteiger partial charge in [-0.3, -0.25) is 9.59 Å². The minimum Gasteiger partial charge on any atom is -0.348 e. The summed E-state index contributed by atoms with van der Waals surface area (Å²) in [6.45, 7) is 5.12. The van der Waals surface area contributed by atoms with E-state index in [1.807, 2.05) is 98.8 Å². The summed E-state index contributed by atoms with van der Waals surface area (Å²) in [5.74, 6) is -0.257. The largest absolute Gasteiger partial charge is 0.348 e. The molecule has 0 radical (unpaired) electrons. The second kappa shape index (κ2) is 11.2. The monoisotopic (exact) mass is 525 g/mol. The summed E-state index contributed by atoms with van der Waals surface area (Å²) < 4.78 is 0. The van der Waals surface area contributed by atoms with Gasteiger partial charge in [0.05, 0.1) is 12.7 Å². The normalized spacial score (nSPS) is 17.3. The molecule has 2 saturated heterocycles. The van der Waals surface area contributed by atoms with Crippen molar-refractivity contribution >= 4 is 29.2 Å². The third kappa shape index (κ3) is 5.60. The first-order valence-corrected chi connectivity index (χ1v) is 13.4. The van der Waals surface area contributed by atoms with Gasteiger partial charge in [0, 0.05) is 24.5 Å². The van der Waals surface area contributed by atoms with E-state index >= 15 is 0 Å². The highest BCUT2D eigenvalue weighted by atomic mass is 16.2. The fourth-order valence-electron chi connectivity index (χ4n) is 5.61. The lowest BCUT2D eigenvalue weighted by molar-refractivity contribution is -0.137. The van der Waals surface area contributed by atoms with Crippen LogP contribution in [-0.4, -0.2) is 59.5 Å². The zero-order valence-corrected chi connectivity index (χ0v) is 22.5. The van der Waals surface area contributed by atoms with Crippen molar-refractivity contribution in [3.8, 4) is 0 Å². The van der Waals surface area contributed by atoms with Gasteiger partial charge in [-0.05, 0) is 62.1 Å². The molecule has 5 rings (SSSR count). The van der Waals surface area contributed by atoms with Crippen LogP contribution in [0.2, 0.25) is 0 Å². The maximum absolute atomic E-state index is 13.9. The standard InChI is InChI=1S/C31H35N5O3/c1-23-10-9-13-26(20-23)33-30(39)34-18-16-31(17-19-34)29(38)35(22-36(31)27-14-7-4-8-15-27)21-28(37)32-24(2)25-11-5-3-6-12-25/h3-15,20,24H,16-19,21-22H2,1-2H3,(H,32,37)(H,33,39)/t24-/m1/s1. The third-order valence-electron chi connectivity index (χ3n) is 7.74. The highest BCUT2D eigenvalue weighted by Gasteiger charge is 2.54. The first-order valence-electron chi connectivity index (χ1n) is 13.4. The van der Waals surface area contributed by atoms with Crippen LogP contribution < -0.4 is 15.5 Å². The van der Waals surface area contributed by atoms with Gasteiger partial charge in [0.25, 0.3) is 5.91 Å². The van der Waals surface area contributed by atoms with Gasteiger partial charge in [-0.2, -0.15) is 0 Å². The number of amides is 4. The second-order valence-electron chi connectivity index (χ2n) is 10.4. The number of urea groups is 1. The van der Waals surface area contributed by atoms with E-state index in [0.29, 0.717) is 32.6 Å². The molecule has 202 valence electrons. The Morgan fingerprint density at radius 3 is 2.26 bits per heavy atom. The van der Waals surface area contributed by atoms with Gasteiger partial charge in [-0.15, -0.1) is 0 Å². The molecule has 3 aromatic carbocycles. The molecule has 3 aromatic rings. The lowest BCUT2D eigenvalue weighted by atomic mass is 9.85. The number of likely N-dealkylation sites (tertiary alicyclic amines) is 1. The quantitative estimate of drug-likeness (QED) is 0.495. The number of rotatable bonds is 6. The fraction of sp³-hybridized carbons (Fsp3) is 0.323. The van der Waals surface area contributed by atoms with Crippen LogP contribution in [0.15, 0.2) is 84.9 Å². The number of carbonyl (C=O) groups excluding carboxylic acids is 3. The smallest absolute Gasteiger partial charge is 0.321 e. The maximum atomic E-state index is 13.9. The molecule has 2 heterocycles. The molecular weight excluding hydrogens is 490 g/mol. The summed E-state index contributed by atoms with van der Waals surface area (Å²) in [7, 11) is 0. The number of nitrogens with zero attached hydrogens (tertiary/aromatic N) is 3. The Hall–Kier alpha value is -4.33. The van der Waals surface area contributed by atoms with Crippen molar-refractivity contribution in [1.82, 2.24) is 15.1 Å². The van der Waals surface area contributed by atoms with Crippen molar-refractivity contribution in [2.75, 3.05) is 36.5 Å². The van der Waals surface area contributed by atoms with Crippen LogP contribution in [0.25, 0.3) is 0 Å². The SMILES string of the molecule is Cc1cccc(NC(=O)N2CCC3(CC2)C(=O)N(CC(=O)N[C@H](C)c2ccccc2)CN3c2ccccc2)c1. The molecule has 2 aliphatic heterocycles. The Morgan fingerprint density at radius 2 is 1.59 bits per heavy atom. The van der Waals surface area contributed by atoms with Gasteiger partial charge in [0.2, 0.25) is 5.91 Å². The topological polar surface area (TPSA) is 85.0 Å². The zero-order valence-electron chi connectivity index (χ0n) is 22.5. The van der Waals surface area contributed by atoms with Crippen LogP contribution in [0, 0.1) is 6.92 Å². The van der Waals surface area contributed by atoms with Gasteiger partial charge in [-0.25, -0.2) is 4.79 Å². The minimum absolute atomic E-state index is 0.0152. The minimum atomic E-state index is -0.799. The first-order chi connectivity index (χ1) is 18.9. The molecule has 8 nitrogen and oxygen atoms in total. The fourth-order valence-corrected chi connectivity index (χ4v) is 5.61. The Kier molecular flexibility index (Phi) is 7.54. The van der Waals surface area contributed by atoms with E-state index in [1.54, 1.807) is 9.80 Å². The first kappa shape index (κ1) is 26.3. The molecule has 0 aliphatic carbocycles. The predicted molar refractivity (Wildman–Crippen MR) is 152 cm³/mol. The average molecular weight is 526 g/mol. The lowest BCUT2D eigenvalue weighted by Gasteiger charge is -2.43. The molecule has 0 bridgehead atoms. The molecule has 39 heavy (non-hydrogen) atoms. The second-order valence-corrected chi connectivity index (χ2v) is 10.4. The van der Waals surface area contributed by atoms with E-state index in [2.05, 4.69) is 15.5 Å². The van der Waals surface area contributed by atoms with Gasteiger partial charge in [0.1, 0.15) is 12.1 Å². The summed E-state index contributed by atoms with van der Waals surface area (Å²) >= 11 is 0. The van der Waals surface area contributed by atoms with Crippen LogP contribution in [0.3, 0.4) is 0 Å². The Bertz CT molecular complexity index is 1320. The van der Waals surface area contributed by atoms with E-state index in [-0.39, 0.29) is 30.4 Å². The highest BCUT2D eigenvalue weighted by Crippen LogP contribution is 2.39.